The second-order valence-corrected chi connectivity index (χ2v) is 13.8. The number of hydrogen-bond donors (Lipinski definition) is 1. The van der Waals surface area contributed by atoms with Crippen LogP contribution in [0.3, 0.4) is 0 Å². The average molecular weight is 547 g/mol. The minimum atomic E-state index is -4.55. The van der Waals surface area contributed by atoms with Gasteiger partial charge in [-0.1, -0.05) is 26.0 Å². The zero-order valence-electron chi connectivity index (χ0n) is 22.8. The third-order valence-electron chi connectivity index (χ3n) is 9.48. The monoisotopic (exact) mass is 546 g/mol. The Morgan fingerprint density at radius 1 is 1.05 bits per heavy atom. The number of benzene rings is 2. The van der Waals surface area contributed by atoms with Crippen LogP contribution in [0.5, 0.6) is 0 Å². The van der Waals surface area contributed by atoms with E-state index in [2.05, 4.69) is 61.4 Å². The molecule has 5 aliphatic heterocycles. The van der Waals surface area contributed by atoms with Gasteiger partial charge in [0.1, 0.15) is 10.1 Å². The molecule has 2 aromatic rings. The van der Waals surface area contributed by atoms with Crippen LogP contribution in [-0.2, 0) is 32.1 Å². The van der Waals surface area contributed by atoms with Crippen molar-refractivity contribution in [3.63, 3.8) is 0 Å². The van der Waals surface area contributed by atoms with E-state index in [-0.39, 0.29) is 29.1 Å². The number of nitrogens with zero attached hydrogens (tertiary/aromatic N) is 2. The summed E-state index contributed by atoms with van der Waals surface area (Å²) >= 11 is 0. The molecule has 0 radical (unpaired) electrons. The molecule has 8 heteroatoms. The van der Waals surface area contributed by atoms with Gasteiger partial charge in [0.15, 0.2) is 12.3 Å². The van der Waals surface area contributed by atoms with Gasteiger partial charge in [-0.05, 0) is 62.1 Å². The summed E-state index contributed by atoms with van der Waals surface area (Å²) in [6.07, 6.45) is 4.79. The molecule has 2 atom stereocenters. The van der Waals surface area contributed by atoms with E-state index in [1.807, 2.05) is 0 Å². The number of aliphatic hydroxyl groups is 1. The zero-order valence-corrected chi connectivity index (χ0v) is 23.6. The number of aliphatic hydroxyl groups excluding tert-OH is 1. The second kappa shape index (κ2) is 8.13. The van der Waals surface area contributed by atoms with Crippen molar-refractivity contribution in [2.24, 2.45) is 0 Å². The minimum Gasteiger partial charge on any atom is -0.744 e. The lowest BCUT2D eigenvalue weighted by Crippen LogP contribution is -2.47. The molecule has 5 heterocycles. The molecule has 2 unspecified atom stereocenters. The Morgan fingerprint density at radius 3 is 2.59 bits per heavy atom. The first kappa shape index (κ1) is 25.2. The van der Waals surface area contributed by atoms with Gasteiger partial charge in [0, 0.05) is 59.1 Å². The van der Waals surface area contributed by atoms with Crippen LogP contribution in [0.25, 0.3) is 0 Å². The summed E-state index contributed by atoms with van der Waals surface area (Å²) in [5, 5.41) is 9.51. The van der Waals surface area contributed by atoms with E-state index in [1.165, 1.54) is 28.6 Å². The van der Waals surface area contributed by atoms with Crippen LogP contribution in [0.4, 0.5) is 11.4 Å². The molecule has 0 amide bonds. The van der Waals surface area contributed by atoms with Crippen LogP contribution in [0.15, 0.2) is 64.2 Å². The number of allylic oxidation sites excluding steroid dienone is 1. The number of anilines is 1. The molecule has 0 aromatic heterocycles. The van der Waals surface area contributed by atoms with Crippen molar-refractivity contribution < 1.29 is 27.4 Å². The van der Waals surface area contributed by atoms with Crippen molar-refractivity contribution >= 4 is 27.2 Å². The van der Waals surface area contributed by atoms with Crippen LogP contribution < -0.4 is 4.90 Å². The molecule has 0 aliphatic carbocycles. The van der Waals surface area contributed by atoms with Crippen molar-refractivity contribution in [1.29, 1.82) is 0 Å². The molecule has 0 fully saturated rings. The van der Waals surface area contributed by atoms with Crippen LogP contribution in [0, 0.1) is 0 Å². The topological polar surface area (TPSA) is 92.9 Å². The molecular formula is C31H34N2O5S. The maximum atomic E-state index is 11.8. The van der Waals surface area contributed by atoms with Gasteiger partial charge in [0.05, 0.1) is 22.5 Å². The molecule has 204 valence electrons. The van der Waals surface area contributed by atoms with Crippen LogP contribution in [0.1, 0.15) is 57.2 Å². The van der Waals surface area contributed by atoms with E-state index < -0.39 is 15.5 Å². The molecule has 5 aliphatic rings. The van der Waals surface area contributed by atoms with E-state index >= 15 is 0 Å². The van der Waals surface area contributed by atoms with Crippen molar-refractivity contribution in [2.45, 2.75) is 74.9 Å². The van der Waals surface area contributed by atoms with Gasteiger partial charge >= 0.3 is 0 Å². The Labute approximate surface area is 229 Å². The fourth-order valence-electron chi connectivity index (χ4n) is 7.76. The van der Waals surface area contributed by atoms with E-state index in [4.69, 9.17) is 4.74 Å². The average Bonchev–Trinajstić information content (AvgIpc) is 3.26. The summed E-state index contributed by atoms with van der Waals surface area (Å²) in [5.41, 5.74) is 9.61. The van der Waals surface area contributed by atoms with Gasteiger partial charge in [-0.15, -0.1) is 0 Å². The molecule has 0 saturated carbocycles. The molecule has 0 spiro atoms. The van der Waals surface area contributed by atoms with Crippen molar-refractivity contribution in [1.82, 2.24) is 0 Å². The molecule has 7 nitrogen and oxygen atoms in total. The van der Waals surface area contributed by atoms with E-state index in [0.29, 0.717) is 6.42 Å². The summed E-state index contributed by atoms with van der Waals surface area (Å²) in [4.78, 5) is 2.27. The molecular weight excluding hydrogens is 512 g/mol. The summed E-state index contributed by atoms with van der Waals surface area (Å²) in [5.74, 6) is 0. The standard InChI is InChI=1S/C31H34N2O5S/c1-30(2)22-15-18(11-14-34)5-7-24(22)32-12-9-26-20(28(30)32)17-21-27(38-26)10-13-33-25-8-6-19(39(35,36)37)16-23(25)31(3,4)29(21)33/h5-8,15-17,26-27,34H,9-14H2,1-4H3. The highest BCUT2D eigenvalue weighted by molar-refractivity contribution is 7.85. The number of ether oxygens (including phenoxy) is 1. The predicted molar refractivity (Wildman–Crippen MR) is 148 cm³/mol. The van der Waals surface area contributed by atoms with Gasteiger partial charge in [-0.2, -0.15) is 4.58 Å². The normalized spacial score (nSPS) is 25.9. The van der Waals surface area contributed by atoms with Crippen molar-refractivity contribution in [2.75, 3.05) is 24.6 Å². The number of fused-ring (bicyclic) bond motifs is 8. The molecule has 2 aromatic carbocycles. The number of hydrogen-bond acceptors (Lipinski definition) is 6. The van der Waals surface area contributed by atoms with Gasteiger partial charge < -0.3 is 19.3 Å². The minimum absolute atomic E-state index is 0.0171. The van der Waals surface area contributed by atoms with Crippen LogP contribution >= 0.6 is 0 Å². The van der Waals surface area contributed by atoms with E-state index in [9.17, 15) is 18.1 Å². The molecule has 39 heavy (non-hydrogen) atoms. The maximum absolute atomic E-state index is 11.8. The summed E-state index contributed by atoms with van der Waals surface area (Å²) in [6, 6.07) is 11.4. The lowest BCUT2D eigenvalue weighted by atomic mass is 9.74. The third-order valence-corrected chi connectivity index (χ3v) is 10.3. The van der Waals surface area contributed by atoms with E-state index in [0.717, 1.165) is 54.0 Å². The van der Waals surface area contributed by atoms with Gasteiger partial charge in [-0.3, -0.25) is 0 Å². The van der Waals surface area contributed by atoms with E-state index in [1.54, 1.807) is 12.1 Å². The molecule has 0 bridgehead atoms. The van der Waals surface area contributed by atoms with Crippen LogP contribution in [-0.4, -0.2) is 60.3 Å². The van der Waals surface area contributed by atoms with Gasteiger partial charge in [-0.25, -0.2) is 8.42 Å². The lowest BCUT2D eigenvalue weighted by molar-refractivity contribution is -0.445. The molecule has 0 saturated heterocycles. The Balaban J connectivity index is 1.39. The lowest BCUT2D eigenvalue weighted by Gasteiger charge is -2.42. The Kier molecular flexibility index (Phi) is 5.25. The SMILES string of the molecule is CC1(C)C2=C3C=C4C5=[N+](CCC4OC3CCN2c2ccc(CCO)cc21)c1ccc(S(=O)(=O)[O-])cc1C5(C)C. The van der Waals surface area contributed by atoms with Gasteiger partial charge in [0.2, 0.25) is 5.69 Å². The number of rotatable bonds is 3. The third kappa shape index (κ3) is 3.44. The fourth-order valence-corrected chi connectivity index (χ4v) is 8.26. The zero-order chi connectivity index (χ0) is 27.5. The second-order valence-electron chi connectivity index (χ2n) is 12.5. The van der Waals surface area contributed by atoms with Crippen molar-refractivity contribution in [3.8, 4) is 0 Å². The largest absolute Gasteiger partial charge is 0.744 e. The first-order valence-electron chi connectivity index (χ1n) is 13.8. The summed E-state index contributed by atoms with van der Waals surface area (Å²) in [7, 11) is -4.55. The predicted octanol–water partition coefficient (Wildman–Crippen LogP) is 4.05. The smallest absolute Gasteiger partial charge is 0.209 e. The highest BCUT2D eigenvalue weighted by atomic mass is 32.2. The molecule has 7 rings (SSSR count). The van der Waals surface area contributed by atoms with Gasteiger partial charge in [0.25, 0.3) is 0 Å². The highest BCUT2D eigenvalue weighted by Gasteiger charge is 2.54. The Morgan fingerprint density at radius 2 is 1.85 bits per heavy atom. The Bertz CT molecular complexity index is 1650. The van der Waals surface area contributed by atoms with Crippen LogP contribution in [0.2, 0.25) is 0 Å². The molecule has 1 N–H and O–H groups in total. The quantitative estimate of drug-likeness (QED) is 0.461. The summed E-state index contributed by atoms with van der Waals surface area (Å²) in [6.45, 7) is 10.6. The van der Waals surface area contributed by atoms with Crippen molar-refractivity contribution in [3.05, 3.63) is 76.0 Å². The first-order valence-corrected chi connectivity index (χ1v) is 15.2. The summed E-state index contributed by atoms with van der Waals surface area (Å²) < 4.78 is 44.6. The fraction of sp³-hybridized carbons (Fsp3) is 0.452. The first-order chi connectivity index (χ1) is 18.4. The highest BCUT2D eigenvalue weighted by Crippen LogP contribution is 2.54. The maximum Gasteiger partial charge on any atom is 0.209 e. The Hall–Kier alpha value is -2.78.